The third kappa shape index (κ3) is 3.35. The first-order chi connectivity index (χ1) is 9.27. The van der Waals surface area contributed by atoms with Crippen molar-refractivity contribution in [3.63, 3.8) is 0 Å². The molecule has 20 heavy (non-hydrogen) atoms. The summed E-state index contributed by atoms with van der Waals surface area (Å²) in [6, 6.07) is 6.53. The first kappa shape index (κ1) is 14.9. The number of aliphatic hydroxyl groups is 1. The lowest BCUT2D eigenvalue weighted by molar-refractivity contribution is -0.137. The predicted octanol–water partition coefficient (Wildman–Crippen LogP) is 4.54. The van der Waals surface area contributed by atoms with Crippen molar-refractivity contribution in [3.05, 3.63) is 46.7 Å². The van der Waals surface area contributed by atoms with Crippen LogP contribution in [0.4, 0.5) is 13.2 Å². The second kappa shape index (κ2) is 5.50. The fourth-order valence-corrected chi connectivity index (χ4v) is 2.06. The molecule has 0 saturated heterocycles. The Kier molecular flexibility index (Phi) is 4.11. The Morgan fingerprint density at radius 3 is 2.55 bits per heavy atom. The smallest absolute Gasteiger partial charge is 0.417 e. The number of hydrogen-bond acceptors (Lipinski definition) is 2. The largest absolute Gasteiger partial charge is 0.461 e. The van der Waals surface area contributed by atoms with Gasteiger partial charge in [0.25, 0.3) is 0 Å². The third-order valence-electron chi connectivity index (χ3n) is 2.71. The fourth-order valence-electron chi connectivity index (χ4n) is 1.89. The van der Waals surface area contributed by atoms with Gasteiger partial charge in [0.1, 0.15) is 11.5 Å². The molecule has 0 radical (unpaired) electrons. The highest BCUT2D eigenvalue weighted by molar-refractivity contribution is 6.30. The number of alkyl halides is 3. The molecule has 1 aromatic heterocycles. The van der Waals surface area contributed by atoms with Crippen LogP contribution in [-0.2, 0) is 12.6 Å². The molecular weight excluding hydrogens is 293 g/mol. The average molecular weight is 305 g/mol. The molecule has 2 aromatic rings. The standard InChI is InChI=1S/C14H12ClF3O2/c1-8(19)6-10-3-5-13(20-10)11-4-2-9(15)7-12(11)14(16,17)18/h2-5,7-8,19H,6H2,1H3. The summed E-state index contributed by atoms with van der Waals surface area (Å²) in [7, 11) is 0. The maximum absolute atomic E-state index is 13.0. The van der Waals surface area contributed by atoms with Gasteiger partial charge in [-0.25, -0.2) is 0 Å². The Labute approximate surface area is 118 Å². The zero-order chi connectivity index (χ0) is 14.9. The number of aliphatic hydroxyl groups excluding tert-OH is 1. The summed E-state index contributed by atoms with van der Waals surface area (Å²) in [6.45, 7) is 1.58. The van der Waals surface area contributed by atoms with Crippen molar-refractivity contribution in [1.29, 1.82) is 0 Å². The first-order valence-corrected chi connectivity index (χ1v) is 6.29. The Balaban J connectivity index is 2.45. The van der Waals surface area contributed by atoms with Crippen LogP contribution in [0.3, 0.4) is 0 Å². The van der Waals surface area contributed by atoms with Crippen LogP contribution in [0.1, 0.15) is 18.2 Å². The molecule has 0 aliphatic rings. The van der Waals surface area contributed by atoms with Gasteiger partial charge in [-0.1, -0.05) is 11.6 Å². The van der Waals surface area contributed by atoms with Crippen LogP contribution in [0.2, 0.25) is 5.02 Å². The van der Waals surface area contributed by atoms with Crippen molar-refractivity contribution in [2.24, 2.45) is 0 Å². The number of hydrogen-bond donors (Lipinski definition) is 1. The minimum Gasteiger partial charge on any atom is -0.461 e. The highest BCUT2D eigenvalue weighted by Gasteiger charge is 2.34. The topological polar surface area (TPSA) is 33.4 Å². The van der Waals surface area contributed by atoms with Crippen LogP contribution in [0.25, 0.3) is 11.3 Å². The normalized spacial score (nSPS) is 13.5. The second-order valence-corrected chi connectivity index (χ2v) is 4.94. The summed E-state index contributed by atoms with van der Waals surface area (Å²) in [5.41, 5.74) is -0.915. The van der Waals surface area contributed by atoms with E-state index in [0.29, 0.717) is 5.76 Å². The van der Waals surface area contributed by atoms with Gasteiger partial charge in [0, 0.05) is 17.0 Å². The molecule has 0 fully saturated rings. The summed E-state index contributed by atoms with van der Waals surface area (Å²) in [5, 5.41) is 9.26. The molecule has 0 spiro atoms. The Morgan fingerprint density at radius 2 is 1.95 bits per heavy atom. The number of halogens is 4. The van der Waals surface area contributed by atoms with E-state index in [1.807, 2.05) is 0 Å². The van der Waals surface area contributed by atoms with Crippen LogP contribution in [0.15, 0.2) is 34.7 Å². The van der Waals surface area contributed by atoms with Crippen LogP contribution in [-0.4, -0.2) is 11.2 Å². The van der Waals surface area contributed by atoms with Crippen LogP contribution in [0.5, 0.6) is 0 Å². The van der Waals surface area contributed by atoms with Gasteiger partial charge in [0.2, 0.25) is 0 Å². The van der Waals surface area contributed by atoms with Crippen LogP contribution < -0.4 is 0 Å². The number of furan rings is 1. The lowest BCUT2D eigenvalue weighted by atomic mass is 10.1. The molecule has 1 unspecified atom stereocenters. The molecule has 1 N–H and O–H groups in total. The van der Waals surface area contributed by atoms with E-state index < -0.39 is 17.8 Å². The van der Waals surface area contributed by atoms with E-state index in [1.165, 1.54) is 18.2 Å². The maximum atomic E-state index is 13.0. The fraction of sp³-hybridized carbons (Fsp3) is 0.286. The zero-order valence-electron chi connectivity index (χ0n) is 10.5. The molecule has 1 aromatic carbocycles. The van der Waals surface area contributed by atoms with Crippen molar-refractivity contribution in [3.8, 4) is 11.3 Å². The molecule has 2 nitrogen and oxygen atoms in total. The summed E-state index contributed by atoms with van der Waals surface area (Å²) < 4.78 is 44.3. The summed E-state index contributed by atoms with van der Waals surface area (Å²) in [4.78, 5) is 0. The van der Waals surface area contributed by atoms with Crippen molar-refractivity contribution >= 4 is 11.6 Å². The lowest BCUT2D eigenvalue weighted by Gasteiger charge is -2.11. The van der Waals surface area contributed by atoms with Gasteiger partial charge in [-0.05, 0) is 37.3 Å². The Morgan fingerprint density at radius 1 is 1.25 bits per heavy atom. The van der Waals surface area contributed by atoms with Gasteiger partial charge in [-0.15, -0.1) is 0 Å². The number of benzene rings is 1. The van der Waals surface area contributed by atoms with Gasteiger partial charge in [0.15, 0.2) is 0 Å². The second-order valence-electron chi connectivity index (χ2n) is 4.51. The van der Waals surface area contributed by atoms with E-state index in [-0.39, 0.29) is 22.8 Å². The maximum Gasteiger partial charge on any atom is 0.417 e. The van der Waals surface area contributed by atoms with Crippen molar-refractivity contribution in [2.45, 2.75) is 25.6 Å². The minimum atomic E-state index is -4.52. The van der Waals surface area contributed by atoms with Gasteiger partial charge < -0.3 is 9.52 Å². The van der Waals surface area contributed by atoms with E-state index in [0.717, 1.165) is 6.07 Å². The van der Waals surface area contributed by atoms with Crippen molar-refractivity contribution < 1.29 is 22.7 Å². The van der Waals surface area contributed by atoms with Gasteiger partial charge in [-0.3, -0.25) is 0 Å². The summed E-state index contributed by atoms with van der Waals surface area (Å²) in [6.07, 6.45) is -4.90. The van der Waals surface area contributed by atoms with Crippen LogP contribution >= 0.6 is 11.6 Å². The molecule has 2 rings (SSSR count). The average Bonchev–Trinajstić information content (AvgIpc) is 2.75. The molecule has 0 aliphatic carbocycles. The quantitative estimate of drug-likeness (QED) is 0.903. The Bertz CT molecular complexity index is 603. The third-order valence-corrected chi connectivity index (χ3v) is 2.95. The molecule has 0 amide bonds. The Hall–Kier alpha value is -1.46. The highest BCUT2D eigenvalue weighted by atomic mass is 35.5. The van der Waals surface area contributed by atoms with E-state index in [4.69, 9.17) is 16.0 Å². The predicted molar refractivity (Wildman–Crippen MR) is 69.5 cm³/mol. The number of rotatable bonds is 3. The minimum absolute atomic E-state index is 0.0110. The first-order valence-electron chi connectivity index (χ1n) is 5.91. The van der Waals surface area contributed by atoms with Gasteiger partial charge in [0.05, 0.1) is 11.7 Å². The van der Waals surface area contributed by atoms with E-state index in [1.54, 1.807) is 13.0 Å². The van der Waals surface area contributed by atoms with E-state index in [2.05, 4.69) is 0 Å². The molecule has 1 atom stereocenters. The van der Waals surface area contributed by atoms with Gasteiger partial charge >= 0.3 is 6.18 Å². The molecule has 1 heterocycles. The van der Waals surface area contributed by atoms with Crippen molar-refractivity contribution in [1.82, 2.24) is 0 Å². The molecule has 108 valence electrons. The summed E-state index contributed by atoms with van der Waals surface area (Å²) >= 11 is 5.62. The molecule has 0 bridgehead atoms. The lowest BCUT2D eigenvalue weighted by Crippen LogP contribution is -2.07. The van der Waals surface area contributed by atoms with Crippen LogP contribution in [0, 0.1) is 0 Å². The molecule has 0 aliphatic heterocycles. The van der Waals surface area contributed by atoms with Crippen molar-refractivity contribution in [2.75, 3.05) is 0 Å². The van der Waals surface area contributed by atoms with Gasteiger partial charge in [-0.2, -0.15) is 13.2 Å². The van der Waals surface area contributed by atoms with E-state index in [9.17, 15) is 18.3 Å². The van der Waals surface area contributed by atoms with E-state index >= 15 is 0 Å². The zero-order valence-corrected chi connectivity index (χ0v) is 11.3. The highest BCUT2D eigenvalue weighted by Crippen LogP contribution is 2.39. The SMILES string of the molecule is CC(O)Cc1ccc(-c2ccc(Cl)cc2C(F)(F)F)o1. The monoisotopic (exact) mass is 304 g/mol. The molecule has 6 heteroatoms. The molecule has 0 saturated carbocycles. The molecular formula is C14H12ClF3O2. The summed E-state index contributed by atoms with van der Waals surface area (Å²) in [5.74, 6) is 0.530.